The minimum atomic E-state index is 0.157. The van der Waals surface area contributed by atoms with E-state index in [4.69, 9.17) is 20.8 Å². The third kappa shape index (κ3) is 4.25. The highest BCUT2D eigenvalue weighted by molar-refractivity contribution is 7.99. The Bertz CT molecular complexity index is 821. The summed E-state index contributed by atoms with van der Waals surface area (Å²) in [4.78, 5) is 4.41. The van der Waals surface area contributed by atoms with Crippen LogP contribution < -0.4 is 4.74 Å². The van der Waals surface area contributed by atoms with Crippen LogP contribution in [-0.2, 0) is 5.41 Å². The first-order valence-corrected chi connectivity index (χ1v) is 9.20. The molecule has 0 aliphatic heterocycles. The van der Waals surface area contributed by atoms with Crippen LogP contribution in [0.4, 0.5) is 0 Å². The Kier molecular flexibility index (Phi) is 5.07. The molecule has 0 radical (unpaired) electrons. The molecule has 0 spiro atoms. The van der Waals surface area contributed by atoms with Crippen LogP contribution >= 0.6 is 23.4 Å². The number of oxazole rings is 1. The Morgan fingerprint density at radius 3 is 2.58 bits per heavy atom. The van der Waals surface area contributed by atoms with Crippen molar-refractivity contribution in [1.29, 1.82) is 0 Å². The van der Waals surface area contributed by atoms with Gasteiger partial charge in [0.15, 0.2) is 5.58 Å². The zero-order chi connectivity index (χ0) is 17.2. The summed E-state index contributed by atoms with van der Waals surface area (Å²) in [5.74, 6) is 1.65. The predicted octanol–water partition coefficient (Wildman–Crippen LogP) is 5.95. The molecule has 0 saturated heterocycles. The number of halogens is 1. The largest absolute Gasteiger partial charge is 0.493 e. The molecule has 24 heavy (non-hydrogen) atoms. The Hall–Kier alpha value is -1.65. The van der Waals surface area contributed by atoms with Crippen molar-refractivity contribution in [3.63, 3.8) is 0 Å². The monoisotopic (exact) mass is 361 g/mol. The summed E-state index contributed by atoms with van der Waals surface area (Å²) >= 11 is 7.49. The first-order valence-electron chi connectivity index (χ1n) is 7.84. The average Bonchev–Trinajstić information content (AvgIpc) is 2.93. The Balaban J connectivity index is 1.51. The molecule has 0 N–H and O–H groups in total. The maximum Gasteiger partial charge on any atom is 0.256 e. The van der Waals surface area contributed by atoms with Crippen molar-refractivity contribution in [2.75, 3.05) is 12.4 Å². The number of thioether (sulfide) groups is 1. The molecule has 126 valence electrons. The summed E-state index contributed by atoms with van der Waals surface area (Å²) in [5, 5.41) is 1.30. The minimum Gasteiger partial charge on any atom is -0.493 e. The smallest absolute Gasteiger partial charge is 0.256 e. The van der Waals surface area contributed by atoms with E-state index in [9.17, 15) is 0 Å². The molecule has 0 amide bonds. The van der Waals surface area contributed by atoms with Crippen LogP contribution in [0.1, 0.15) is 26.3 Å². The molecule has 1 heterocycles. The van der Waals surface area contributed by atoms with Gasteiger partial charge in [-0.05, 0) is 41.3 Å². The van der Waals surface area contributed by atoms with Gasteiger partial charge < -0.3 is 9.15 Å². The van der Waals surface area contributed by atoms with Gasteiger partial charge in [0.25, 0.3) is 5.22 Å². The average molecular weight is 362 g/mol. The number of nitrogens with zero attached hydrogens (tertiary/aromatic N) is 1. The number of hydrogen-bond donors (Lipinski definition) is 0. The van der Waals surface area contributed by atoms with Crippen LogP contribution in [0.25, 0.3) is 11.1 Å². The molecular formula is C19H20ClNO2S. The van der Waals surface area contributed by atoms with Gasteiger partial charge in [-0.2, -0.15) is 0 Å². The zero-order valence-electron chi connectivity index (χ0n) is 14.0. The van der Waals surface area contributed by atoms with E-state index in [1.807, 2.05) is 18.2 Å². The van der Waals surface area contributed by atoms with Crippen LogP contribution in [0.15, 0.2) is 52.1 Å². The van der Waals surface area contributed by atoms with Crippen LogP contribution in [0, 0.1) is 0 Å². The normalized spacial score (nSPS) is 11.8. The SMILES string of the molecule is CC(C)(C)c1ccc(OCCSc2nc3cc(Cl)ccc3o2)cc1. The Morgan fingerprint density at radius 1 is 1.12 bits per heavy atom. The third-order valence-corrected chi connectivity index (χ3v) is 4.66. The van der Waals surface area contributed by atoms with Gasteiger partial charge in [0.2, 0.25) is 0 Å². The first-order chi connectivity index (χ1) is 11.4. The van der Waals surface area contributed by atoms with E-state index in [0.29, 0.717) is 16.9 Å². The Labute approximate surface area is 151 Å². The van der Waals surface area contributed by atoms with Gasteiger partial charge in [0.1, 0.15) is 11.3 Å². The summed E-state index contributed by atoms with van der Waals surface area (Å²) in [5.41, 5.74) is 2.99. The number of benzene rings is 2. The van der Waals surface area contributed by atoms with Gasteiger partial charge in [0.05, 0.1) is 6.61 Å². The number of rotatable bonds is 5. The Morgan fingerprint density at radius 2 is 1.88 bits per heavy atom. The number of ether oxygens (including phenoxy) is 1. The molecule has 2 aromatic carbocycles. The van der Waals surface area contributed by atoms with Crippen molar-refractivity contribution in [2.45, 2.75) is 31.4 Å². The van der Waals surface area contributed by atoms with E-state index in [1.165, 1.54) is 17.3 Å². The van der Waals surface area contributed by atoms with Crippen molar-refractivity contribution in [1.82, 2.24) is 4.98 Å². The molecule has 5 heteroatoms. The molecule has 0 atom stereocenters. The molecule has 0 unspecified atom stereocenters. The lowest BCUT2D eigenvalue weighted by atomic mass is 9.87. The second kappa shape index (κ2) is 7.08. The van der Waals surface area contributed by atoms with Crippen molar-refractivity contribution in [2.24, 2.45) is 0 Å². The van der Waals surface area contributed by atoms with Crippen molar-refractivity contribution >= 4 is 34.5 Å². The van der Waals surface area contributed by atoms with Crippen molar-refractivity contribution in [3.8, 4) is 5.75 Å². The van der Waals surface area contributed by atoms with Gasteiger partial charge in [-0.25, -0.2) is 4.98 Å². The molecule has 0 fully saturated rings. The van der Waals surface area contributed by atoms with E-state index < -0.39 is 0 Å². The van der Waals surface area contributed by atoms with Gasteiger partial charge in [-0.15, -0.1) is 0 Å². The highest BCUT2D eigenvalue weighted by atomic mass is 35.5. The van der Waals surface area contributed by atoms with E-state index in [1.54, 1.807) is 12.1 Å². The number of hydrogen-bond acceptors (Lipinski definition) is 4. The highest BCUT2D eigenvalue weighted by Crippen LogP contribution is 2.26. The predicted molar refractivity (Wildman–Crippen MR) is 100 cm³/mol. The van der Waals surface area contributed by atoms with E-state index in [-0.39, 0.29) is 5.41 Å². The molecule has 3 nitrogen and oxygen atoms in total. The standard InChI is InChI=1S/C19H20ClNO2S/c1-19(2,3)13-4-7-15(8-5-13)22-10-11-24-18-21-16-12-14(20)6-9-17(16)23-18/h4-9,12H,10-11H2,1-3H3. The molecular weight excluding hydrogens is 342 g/mol. The summed E-state index contributed by atoms with van der Waals surface area (Å²) in [6.07, 6.45) is 0. The summed E-state index contributed by atoms with van der Waals surface area (Å²) < 4.78 is 11.4. The van der Waals surface area contributed by atoms with Crippen LogP contribution in [0.3, 0.4) is 0 Å². The summed E-state index contributed by atoms with van der Waals surface area (Å²) in [6, 6.07) is 13.7. The lowest BCUT2D eigenvalue weighted by Gasteiger charge is -2.19. The van der Waals surface area contributed by atoms with Gasteiger partial charge in [-0.3, -0.25) is 0 Å². The maximum absolute atomic E-state index is 5.95. The lowest BCUT2D eigenvalue weighted by Crippen LogP contribution is -2.10. The molecule has 0 aliphatic rings. The fraction of sp³-hybridized carbons (Fsp3) is 0.316. The minimum absolute atomic E-state index is 0.157. The van der Waals surface area contributed by atoms with Crippen LogP contribution in [0.5, 0.6) is 5.75 Å². The van der Waals surface area contributed by atoms with Crippen molar-refractivity contribution in [3.05, 3.63) is 53.1 Å². The maximum atomic E-state index is 5.95. The number of aromatic nitrogens is 1. The summed E-state index contributed by atoms with van der Waals surface area (Å²) in [7, 11) is 0. The second-order valence-electron chi connectivity index (χ2n) is 6.56. The quantitative estimate of drug-likeness (QED) is 0.415. The van der Waals surface area contributed by atoms with Gasteiger partial charge >= 0.3 is 0 Å². The second-order valence-corrected chi connectivity index (χ2v) is 8.05. The molecule has 3 rings (SSSR count). The van der Waals surface area contributed by atoms with Gasteiger partial charge in [0, 0.05) is 10.8 Å². The van der Waals surface area contributed by atoms with Crippen molar-refractivity contribution < 1.29 is 9.15 Å². The van der Waals surface area contributed by atoms with E-state index in [0.717, 1.165) is 22.6 Å². The third-order valence-electron chi connectivity index (χ3n) is 3.63. The molecule has 0 saturated carbocycles. The first kappa shape index (κ1) is 17.2. The fourth-order valence-corrected chi connectivity index (χ4v) is 3.10. The zero-order valence-corrected chi connectivity index (χ0v) is 15.6. The van der Waals surface area contributed by atoms with E-state index >= 15 is 0 Å². The summed E-state index contributed by atoms with van der Waals surface area (Å²) in [6.45, 7) is 7.20. The van der Waals surface area contributed by atoms with Gasteiger partial charge in [-0.1, -0.05) is 56.3 Å². The lowest BCUT2D eigenvalue weighted by molar-refractivity contribution is 0.343. The van der Waals surface area contributed by atoms with E-state index in [2.05, 4.69) is 37.9 Å². The number of fused-ring (bicyclic) bond motifs is 1. The molecule has 1 aromatic heterocycles. The molecule has 3 aromatic rings. The molecule has 0 bridgehead atoms. The van der Waals surface area contributed by atoms with Crippen LogP contribution in [0.2, 0.25) is 5.02 Å². The van der Waals surface area contributed by atoms with Crippen LogP contribution in [-0.4, -0.2) is 17.3 Å². The highest BCUT2D eigenvalue weighted by Gasteiger charge is 2.13. The topological polar surface area (TPSA) is 35.3 Å². The molecule has 0 aliphatic carbocycles. The fourth-order valence-electron chi connectivity index (χ4n) is 2.28.